The minimum atomic E-state index is 0.561. The lowest BCUT2D eigenvalue weighted by atomic mass is 10.4. The Hall–Kier alpha value is -1.46. The summed E-state index contributed by atoms with van der Waals surface area (Å²) in [5, 5.41) is 0. The van der Waals surface area contributed by atoms with E-state index in [1.165, 1.54) is 0 Å². The first-order valence-corrected chi connectivity index (χ1v) is 5.94. The Morgan fingerprint density at radius 1 is 1.41 bits per heavy atom. The van der Waals surface area contributed by atoms with Gasteiger partial charge >= 0.3 is 0 Å². The third kappa shape index (κ3) is 2.62. The molecular weight excluding hydrogens is 216 g/mol. The predicted molar refractivity (Wildman–Crippen MR) is 66.8 cm³/mol. The van der Waals surface area contributed by atoms with Crippen LogP contribution in [0.15, 0.2) is 18.3 Å². The molecular formula is C12H18N4O. The lowest BCUT2D eigenvalue weighted by Crippen LogP contribution is -2.12. The van der Waals surface area contributed by atoms with Crippen LogP contribution in [0.4, 0.5) is 0 Å². The monoisotopic (exact) mass is 234 g/mol. The van der Waals surface area contributed by atoms with Crippen LogP contribution in [0, 0.1) is 0 Å². The fourth-order valence-electron chi connectivity index (χ4n) is 1.88. The number of aryl methyl sites for hydroxylation is 1. The Labute approximate surface area is 101 Å². The highest BCUT2D eigenvalue weighted by Crippen LogP contribution is 2.13. The molecule has 0 bridgehead atoms. The summed E-state index contributed by atoms with van der Waals surface area (Å²) >= 11 is 0. The second-order valence-electron chi connectivity index (χ2n) is 3.77. The Morgan fingerprint density at radius 2 is 2.29 bits per heavy atom. The van der Waals surface area contributed by atoms with Crippen molar-refractivity contribution >= 4 is 11.2 Å². The van der Waals surface area contributed by atoms with Gasteiger partial charge in [0.05, 0.1) is 13.2 Å². The summed E-state index contributed by atoms with van der Waals surface area (Å²) in [4.78, 5) is 8.93. The van der Waals surface area contributed by atoms with Crippen molar-refractivity contribution in [2.45, 2.75) is 19.9 Å². The Kier molecular flexibility index (Phi) is 4.06. The van der Waals surface area contributed by atoms with Crippen molar-refractivity contribution in [2.24, 2.45) is 5.73 Å². The molecule has 5 nitrogen and oxygen atoms in total. The quantitative estimate of drug-likeness (QED) is 0.756. The van der Waals surface area contributed by atoms with Crippen molar-refractivity contribution in [3.8, 4) is 0 Å². The maximum absolute atomic E-state index is 5.38. The molecule has 17 heavy (non-hydrogen) atoms. The minimum absolute atomic E-state index is 0.561. The summed E-state index contributed by atoms with van der Waals surface area (Å²) in [5.41, 5.74) is 7.26. The van der Waals surface area contributed by atoms with Crippen molar-refractivity contribution in [2.75, 3.05) is 19.8 Å². The van der Waals surface area contributed by atoms with Gasteiger partial charge < -0.3 is 15.0 Å². The summed E-state index contributed by atoms with van der Waals surface area (Å²) < 4.78 is 7.51. The van der Waals surface area contributed by atoms with E-state index in [2.05, 4.69) is 21.5 Å². The Balaban J connectivity index is 2.15. The van der Waals surface area contributed by atoms with E-state index in [1.54, 1.807) is 6.20 Å². The first-order valence-electron chi connectivity index (χ1n) is 5.94. The maximum atomic E-state index is 5.38. The van der Waals surface area contributed by atoms with Crippen LogP contribution in [0.3, 0.4) is 0 Å². The minimum Gasteiger partial charge on any atom is -0.380 e. The first-order chi connectivity index (χ1) is 8.36. The molecule has 2 heterocycles. The second kappa shape index (κ2) is 5.75. The average Bonchev–Trinajstić information content (AvgIpc) is 2.72. The molecule has 2 N–H and O–H groups in total. The topological polar surface area (TPSA) is 66.0 Å². The number of hydrogen-bond acceptors (Lipinski definition) is 4. The van der Waals surface area contributed by atoms with E-state index < -0.39 is 0 Å². The molecule has 0 aliphatic heterocycles. The lowest BCUT2D eigenvalue weighted by molar-refractivity contribution is 0.143. The smallest absolute Gasteiger partial charge is 0.159 e. The van der Waals surface area contributed by atoms with Crippen molar-refractivity contribution < 1.29 is 4.74 Å². The van der Waals surface area contributed by atoms with Gasteiger partial charge in [-0.15, -0.1) is 0 Å². The van der Waals surface area contributed by atoms with Crippen LogP contribution in [0.1, 0.15) is 12.7 Å². The van der Waals surface area contributed by atoms with E-state index in [9.17, 15) is 0 Å². The third-order valence-electron chi connectivity index (χ3n) is 2.63. The zero-order chi connectivity index (χ0) is 12.1. The number of rotatable bonds is 6. The van der Waals surface area contributed by atoms with E-state index in [0.29, 0.717) is 19.8 Å². The van der Waals surface area contributed by atoms with Crippen LogP contribution in [0.5, 0.6) is 0 Å². The van der Waals surface area contributed by atoms with E-state index >= 15 is 0 Å². The highest BCUT2D eigenvalue weighted by Gasteiger charge is 2.09. The second-order valence-corrected chi connectivity index (χ2v) is 3.77. The van der Waals surface area contributed by atoms with Gasteiger partial charge in [-0.05, 0) is 19.1 Å². The van der Waals surface area contributed by atoms with Gasteiger partial charge in [0.25, 0.3) is 0 Å². The highest BCUT2D eigenvalue weighted by molar-refractivity contribution is 5.71. The normalized spacial score (nSPS) is 11.2. The number of nitrogens with zero attached hydrogens (tertiary/aromatic N) is 3. The van der Waals surface area contributed by atoms with Crippen LogP contribution in [-0.2, 0) is 17.7 Å². The Bertz CT molecular complexity index is 480. The molecule has 0 saturated carbocycles. The van der Waals surface area contributed by atoms with E-state index in [0.717, 1.165) is 30.0 Å². The number of imidazole rings is 1. The molecule has 0 saturated heterocycles. The molecule has 5 heteroatoms. The zero-order valence-electron chi connectivity index (χ0n) is 10.1. The molecule has 0 aliphatic carbocycles. The molecule has 0 aromatic carbocycles. The number of pyridine rings is 1. The number of hydrogen-bond donors (Lipinski definition) is 1. The van der Waals surface area contributed by atoms with Gasteiger partial charge in [-0.3, -0.25) is 0 Å². The van der Waals surface area contributed by atoms with E-state index in [-0.39, 0.29) is 0 Å². The van der Waals surface area contributed by atoms with Gasteiger partial charge in [0, 0.05) is 25.7 Å². The maximum Gasteiger partial charge on any atom is 0.159 e. The van der Waals surface area contributed by atoms with Crippen LogP contribution in [0.25, 0.3) is 11.2 Å². The van der Waals surface area contributed by atoms with Gasteiger partial charge in [0.15, 0.2) is 5.65 Å². The molecule has 0 aliphatic rings. The molecule has 2 rings (SSSR count). The molecule has 92 valence electrons. The molecule has 2 aromatic rings. The SMILES string of the molecule is CCn1c(CCOCCN)nc2cccnc21. The van der Waals surface area contributed by atoms with Crippen molar-refractivity contribution in [1.29, 1.82) is 0 Å². The predicted octanol–water partition coefficient (Wildman–Crippen LogP) is 0.969. The fraction of sp³-hybridized carbons (Fsp3) is 0.500. The van der Waals surface area contributed by atoms with Gasteiger partial charge in [-0.1, -0.05) is 0 Å². The summed E-state index contributed by atoms with van der Waals surface area (Å²) in [7, 11) is 0. The molecule has 0 fully saturated rings. The average molecular weight is 234 g/mol. The fourth-order valence-corrected chi connectivity index (χ4v) is 1.88. The summed E-state index contributed by atoms with van der Waals surface area (Å²) in [6.45, 7) is 4.79. The molecule has 0 radical (unpaired) electrons. The van der Waals surface area contributed by atoms with Gasteiger partial charge in [-0.25, -0.2) is 9.97 Å². The molecule has 0 unspecified atom stereocenters. The summed E-state index contributed by atoms with van der Waals surface area (Å²) in [5.74, 6) is 1.03. The molecule has 0 amide bonds. The van der Waals surface area contributed by atoms with E-state index in [1.807, 2.05) is 12.1 Å². The van der Waals surface area contributed by atoms with Crippen molar-refractivity contribution in [3.63, 3.8) is 0 Å². The molecule has 0 spiro atoms. The number of ether oxygens (including phenoxy) is 1. The van der Waals surface area contributed by atoms with E-state index in [4.69, 9.17) is 10.5 Å². The third-order valence-corrected chi connectivity index (χ3v) is 2.63. The Morgan fingerprint density at radius 3 is 3.06 bits per heavy atom. The van der Waals surface area contributed by atoms with Gasteiger partial charge in [-0.2, -0.15) is 0 Å². The first kappa shape index (κ1) is 12.0. The lowest BCUT2D eigenvalue weighted by Gasteiger charge is -2.05. The summed E-state index contributed by atoms with van der Waals surface area (Å²) in [6.07, 6.45) is 2.59. The highest BCUT2D eigenvalue weighted by atomic mass is 16.5. The van der Waals surface area contributed by atoms with Crippen LogP contribution >= 0.6 is 0 Å². The largest absolute Gasteiger partial charge is 0.380 e. The molecule has 0 atom stereocenters. The van der Waals surface area contributed by atoms with Crippen molar-refractivity contribution in [3.05, 3.63) is 24.2 Å². The van der Waals surface area contributed by atoms with Crippen LogP contribution in [-0.4, -0.2) is 34.3 Å². The van der Waals surface area contributed by atoms with Gasteiger partial charge in [0.2, 0.25) is 0 Å². The number of nitrogens with two attached hydrogens (primary N) is 1. The van der Waals surface area contributed by atoms with Gasteiger partial charge in [0.1, 0.15) is 11.3 Å². The van der Waals surface area contributed by atoms with Crippen molar-refractivity contribution in [1.82, 2.24) is 14.5 Å². The standard InChI is InChI=1S/C12H18N4O/c1-2-16-11(5-8-17-9-6-13)15-10-4-3-7-14-12(10)16/h3-4,7H,2,5-6,8-9,13H2,1H3. The number of fused-ring (bicyclic) bond motifs is 1. The molecule has 2 aromatic heterocycles. The van der Waals surface area contributed by atoms with Crippen LogP contribution in [0.2, 0.25) is 0 Å². The zero-order valence-corrected chi connectivity index (χ0v) is 10.1. The number of aromatic nitrogens is 3. The van der Waals surface area contributed by atoms with Crippen LogP contribution < -0.4 is 5.73 Å². The summed E-state index contributed by atoms with van der Waals surface area (Å²) in [6, 6.07) is 3.89.